The number of sulfonamides is 1. The van der Waals surface area contributed by atoms with Gasteiger partial charge in [-0.05, 0) is 37.1 Å². The highest BCUT2D eigenvalue weighted by Crippen LogP contribution is 2.40. The number of rotatable bonds is 7. The van der Waals surface area contributed by atoms with E-state index in [1.807, 2.05) is 11.0 Å². The summed E-state index contributed by atoms with van der Waals surface area (Å²) in [5, 5.41) is 21.5. The molecule has 1 aliphatic heterocycles. The van der Waals surface area contributed by atoms with E-state index in [1.54, 1.807) is 41.0 Å². The first kappa shape index (κ1) is 27.1. The number of anilines is 1. The summed E-state index contributed by atoms with van der Waals surface area (Å²) in [7, 11) is -2.47. The van der Waals surface area contributed by atoms with E-state index in [4.69, 9.17) is 0 Å². The molecular weight excluding hydrogens is 576 g/mol. The van der Waals surface area contributed by atoms with E-state index in [0.29, 0.717) is 72.6 Å². The molecule has 4 aromatic rings. The number of amides is 1. The lowest BCUT2D eigenvalue weighted by molar-refractivity contribution is 0.0741. The summed E-state index contributed by atoms with van der Waals surface area (Å²) in [4.78, 5) is 20.6. The lowest BCUT2D eigenvalue weighted by Crippen LogP contribution is -2.49. The molecule has 3 aromatic heterocycles. The van der Waals surface area contributed by atoms with E-state index in [1.165, 1.54) is 12.1 Å². The number of hydrogen-bond acceptors (Lipinski definition) is 10. The number of alkyl halides is 2. The molecule has 0 atom stereocenters. The van der Waals surface area contributed by atoms with Crippen LogP contribution in [-0.4, -0.2) is 75.9 Å². The van der Waals surface area contributed by atoms with Gasteiger partial charge in [-0.15, -0.1) is 10.2 Å². The monoisotopic (exact) mass is 599 g/mol. The van der Waals surface area contributed by atoms with Crippen LogP contribution >= 0.6 is 11.3 Å². The summed E-state index contributed by atoms with van der Waals surface area (Å²) in [6, 6.07) is 10.1. The fourth-order valence-electron chi connectivity index (χ4n) is 4.82. The number of carbonyl (C=O) groups is 1. The highest BCUT2D eigenvalue weighted by atomic mass is 32.2. The number of benzene rings is 1. The van der Waals surface area contributed by atoms with Crippen LogP contribution in [0.1, 0.15) is 34.8 Å². The molecule has 0 bridgehead atoms. The molecule has 0 spiro atoms. The first-order chi connectivity index (χ1) is 19.6. The molecule has 6 rings (SSSR count). The fourth-order valence-corrected chi connectivity index (χ4v) is 6.94. The molecule has 4 heterocycles. The van der Waals surface area contributed by atoms with Gasteiger partial charge in [0.25, 0.3) is 12.3 Å². The SMILES string of the molecule is Cn1nc(-c2nnc(C(F)F)s2)c2cc(S(=O)(=O)NC3(C#N)CC3)cc(N3CCN(C(=O)c4ccccn4)CC3)c21. The van der Waals surface area contributed by atoms with Crippen molar-refractivity contribution in [3.63, 3.8) is 0 Å². The fraction of sp³-hybridized carbons (Fsp3) is 0.360. The Morgan fingerprint density at radius 2 is 1.93 bits per heavy atom. The minimum absolute atomic E-state index is 0.0960. The molecule has 1 saturated heterocycles. The largest absolute Gasteiger partial charge is 0.366 e. The second-order valence-corrected chi connectivity index (χ2v) is 12.5. The number of nitriles is 1. The molecule has 0 radical (unpaired) electrons. The number of hydrogen-bond donors (Lipinski definition) is 1. The molecule has 0 unspecified atom stereocenters. The first-order valence-corrected chi connectivity index (χ1v) is 14.9. The van der Waals surface area contributed by atoms with Gasteiger partial charge in [-0.1, -0.05) is 17.4 Å². The Bertz CT molecular complexity index is 1790. The van der Waals surface area contributed by atoms with Gasteiger partial charge in [0.2, 0.25) is 10.0 Å². The molecule has 1 N–H and O–H groups in total. The Kier molecular flexibility index (Phi) is 6.67. The molecule has 1 aromatic carbocycles. The first-order valence-electron chi connectivity index (χ1n) is 12.6. The average molecular weight is 600 g/mol. The van der Waals surface area contributed by atoms with E-state index in [9.17, 15) is 27.3 Å². The van der Waals surface area contributed by atoms with Crippen LogP contribution in [0.5, 0.6) is 0 Å². The van der Waals surface area contributed by atoms with Crippen molar-refractivity contribution in [3.05, 3.63) is 47.2 Å². The summed E-state index contributed by atoms with van der Waals surface area (Å²) >= 11 is 0.682. The topological polar surface area (TPSA) is 150 Å². The van der Waals surface area contributed by atoms with Crippen molar-refractivity contribution in [2.75, 3.05) is 31.1 Å². The predicted octanol–water partition coefficient (Wildman–Crippen LogP) is 2.72. The number of halogens is 2. The van der Waals surface area contributed by atoms with Gasteiger partial charge in [0.15, 0.2) is 10.0 Å². The molecule has 2 aliphatic rings. The zero-order valence-electron chi connectivity index (χ0n) is 21.7. The molecule has 41 heavy (non-hydrogen) atoms. The smallest absolute Gasteiger partial charge is 0.291 e. The van der Waals surface area contributed by atoms with Gasteiger partial charge in [0.1, 0.15) is 16.9 Å². The maximum Gasteiger partial charge on any atom is 0.291 e. The van der Waals surface area contributed by atoms with Crippen LogP contribution in [0.3, 0.4) is 0 Å². The number of carbonyl (C=O) groups excluding carboxylic acids is 1. The van der Waals surface area contributed by atoms with Crippen LogP contribution < -0.4 is 9.62 Å². The highest BCUT2D eigenvalue weighted by Gasteiger charge is 2.47. The Morgan fingerprint density at radius 1 is 1.17 bits per heavy atom. The standard InChI is InChI=1S/C25H23F2N9O3S2/c1-34-20-16(19(32-34)22-30-31-23(40-22)21(26)27)12-15(41(38,39)33-25(14-28)5-6-25)13-18(20)35-8-10-36(11-9-35)24(37)17-4-2-3-7-29-17/h2-4,7,12-13,21,33H,5-6,8-11H2,1H3. The molecule has 1 amide bonds. The normalized spacial score (nSPS) is 16.8. The third-order valence-corrected chi connectivity index (χ3v) is 9.57. The lowest BCUT2D eigenvalue weighted by atomic mass is 10.1. The number of fused-ring (bicyclic) bond motifs is 1. The van der Waals surface area contributed by atoms with Crippen LogP contribution in [0.15, 0.2) is 41.4 Å². The van der Waals surface area contributed by atoms with Crippen LogP contribution in [-0.2, 0) is 17.1 Å². The second-order valence-electron chi connectivity index (χ2n) is 9.85. The van der Waals surface area contributed by atoms with E-state index < -0.39 is 27.0 Å². The zero-order chi connectivity index (χ0) is 28.9. The third kappa shape index (κ3) is 5.00. The molecule has 212 valence electrons. The minimum atomic E-state index is -4.14. The number of pyridine rings is 1. The molecule has 1 saturated carbocycles. The summed E-state index contributed by atoms with van der Waals surface area (Å²) in [6.07, 6.45) is -0.439. The van der Waals surface area contributed by atoms with Crippen LogP contribution in [0.25, 0.3) is 21.6 Å². The summed E-state index contributed by atoms with van der Waals surface area (Å²) in [5.74, 6) is -0.198. The predicted molar refractivity (Wildman–Crippen MR) is 145 cm³/mol. The van der Waals surface area contributed by atoms with Crippen LogP contribution in [0.2, 0.25) is 0 Å². The van der Waals surface area contributed by atoms with Crippen molar-refractivity contribution < 1.29 is 22.0 Å². The molecule has 12 nitrogen and oxygen atoms in total. The molecule has 1 aliphatic carbocycles. The molecule has 2 fully saturated rings. The maximum atomic E-state index is 13.5. The highest BCUT2D eigenvalue weighted by molar-refractivity contribution is 7.89. The van der Waals surface area contributed by atoms with Crippen molar-refractivity contribution in [1.29, 1.82) is 5.26 Å². The molecular formula is C25H23F2N9O3S2. The summed E-state index contributed by atoms with van der Waals surface area (Å²) in [5.41, 5.74) is 0.517. The van der Waals surface area contributed by atoms with Crippen LogP contribution in [0.4, 0.5) is 14.5 Å². The number of piperazine rings is 1. The van der Waals surface area contributed by atoms with Gasteiger partial charge < -0.3 is 9.80 Å². The van der Waals surface area contributed by atoms with Crippen LogP contribution in [0, 0.1) is 11.3 Å². The maximum absolute atomic E-state index is 13.5. The number of nitrogens with zero attached hydrogens (tertiary/aromatic N) is 8. The number of aryl methyl sites for hydroxylation is 1. The van der Waals surface area contributed by atoms with E-state index in [-0.39, 0.29) is 21.5 Å². The minimum Gasteiger partial charge on any atom is -0.366 e. The number of aromatic nitrogens is 5. The van der Waals surface area contributed by atoms with Gasteiger partial charge in [-0.25, -0.2) is 17.2 Å². The van der Waals surface area contributed by atoms with Crippen molar-refractivity contribution >= 4 is 43.9 Å². The Balaban J connectivity index is 1.41. The van der Waals surface area contributed by atoms with Gasteiger partial charge in [-0.3, -0.25) is 14.5 Å². The van der Waals surface area contributed by atoms with E-state index in [2.05, 4.69) is 25.0 Å². The third-order valence-electron chi connectivity index (χ3n) is 7.12. The Labute approximate surface area is 237 Å². The van der Waals surface area contributed by atoms with Gasteiger partial charge in [0, 0.05) is 44.8 Å². The Hall–Kier alpha value is -4.07. The van der Waals surface area contributed by atoms with E-state index in [0.717, 1.165) is 0 Å². The zero-order valence-corrected chi connectivity index (χ0v) is 23.3. The molecule has 16 heteroatoms. The van der Waals surface area contributed by atoms with Gasteiger partial charge in [-0.2, -0.15) is 15.1 Å². The Morgan fingerprint density at radius 3 is 2.54 bits per heavy atom. The van der Waals surface area contributed by atoms with Gasteiger partial charge in [0.05, 0.1) is 22.2 Å². The van der Waals surface area contributed by atoms with E-state index >= 15 is 0 Å². The van der Waals surface area contributed by atoms with Crippen molar-refractivity contribution in [2.45, 2.75) is 29.7 Å². The van der Waals surface area contributed by atoms with Crippen molar-refractivity contribution in [2.24, 2.45) is 7.05 Å². The van der Waals surface area contributed by atoms with Crippen molar-refractivity contribution in [3.8, 4) is 16.8 Å². The second kappa shape index (κ2) is 10.1. The number of nitrogens with one attached hydrogen (secondary N) is 1. The lowest BCUT2D eigenvalue weighted by Gasteiger charge is -2.36. The average Bonchev–Trinajstić information content (AvgIpc) is 3.40. The van der Waals surface area contributed by atoms with Crippen molar-refractivity contribution in [1.82, 2.24) is 34.6 Å². The summed E-state index contributed by atoms with van der Waals surface area (Å²) < 4.78 is 57.6. The summed E-state index contributed by atoms with van der Waals surface area (Å²) in [6.45, 7) is 1.51. The quantitative estimate of drug-likeness (QED) is 0.338. The van der Waals surface area contributed by atoms with Gasteiger partial charge >= 0.3 is 0 Å².